The molecular formula is C24H21N3O5S2. The van der Waals surface area contributed by atoms with Crippen LogP contribution in [0.3, 0.4) is 0 Å². The molecule has 0 radical (unpaired) electrons. The standard InChI is InChI=1S/C24H21N3O5S2/c1-4-31-24(30)20-19(13(2)28)14(3)32-21(20)27-18(29)11-33-22-16-10-17(15-8-6-5-7-9-15)34-23(16)26-12-25-22/h5-10,12H,4,11H2,1-3H3,(H,27,29). The van der Waals surface area contributed by atoms with Crippen LogP contribution < -0.4 is 5.32 Å². The third-order valence-electron chi connectivity index (χ3n) is 4.86. The lowest BCUT2D eigenvalue weighted by molar-refractivity contribution is -0.113. The van der Waals surface area contributed by atoms with E-state index in [0.717, 1.165) is 20.7 Å². The van der Waals surface area contributed by atoms with Crippen molar-refractivity contribution in [3.63, 3.8) is 0 Å². The number of fused-ring (bicyclic) bond motifs is 1. The lowest BCUT2D eigenvalue weighted by Gasteiger charge is -2.06. The lowest BCUT2D eigenvalue weighted by atomic mass is 10.1. The Bertz CT molecular complexity index is 1380. The van der Waals surface area contributed by atoms with E-state index in [2.05, 4.69) is 15.3 Å². The number of hydrogen-bond acceptors (Lipinski definition) is 9. The Morgan fingerprint density at radius 3 is 2.62 bits per heavy atom. The van der Waals surface area contributed by atoms with Crippen molar-refractivity contribution >= 4 is 56.9 Å². The number of nitrogens with one attached hydrogen (secondary N) is 1. The fraction of sp³-hybridized carbons (Fsp3) is 0.208. The van der Waals surface area contributed by atoms with Gasteiger partial charge < -0.3 is 9.15 Å². The van der Waals surface area contributed by atoms with Crippen LogP contribution in [0.25, 0.3) is 20.7 Å². The molecule has 1 N–H and O–H groups in total. The van der Waals surface area contributed by atoms with Crippen LogP contribution in [0.15, 0.2) is 52.2 Å². The number of aryl methyl sites for hydroxylation is 1. The van der Waals surface area contributed by atoms with Gasteiger partial charge >= 0.3 is 5.97 Å². The van der Waals surface area contributed by atoms with E-state index in [1.807, 2.05) is 36.4 Å². The van der Waals surface area contributed by atoms with Gasteiger partial charge in [-0.15, -0.1) is 11.3 Å². The summed E-state index contributed by atoms with van der Waals surface area (Å²) in [5, 5.41) is 4.13. The number of rotatable bonds is 8. The van der Waals surface area contributed by atoms with E-state index in [1.165, 1.54) is 25.0 Å². The van der Waals surface area contributed by atoms with Crippen molar-refractivity contribution in [1.29, 1.82) is 0 Å². The number of esters is 1. The van der Waals surface area contributed by atoms with Gasteiger partial charge in [0.15, 0.2) is 5.78 Å². The van der Waals surface area contributed by atoms with Gasteiger partial charge in [-0.2, -0.15) is 0 Å². The number of thiophene rings is 1. The van der Waals surface area contributed by atoms with Crippen LogP contribution in [0.2, 0.25) is 0 Å². The summed E-state index contributed by atoms with van der Waals surface area (Å²) < 4.78 is 10.6. The second-order valence-electron chi connectivity index (χ2n) is 7.23. The van der Waals surface area contributed by atoms with Crippen molar-refractivity contribution in [1.82, 2.24) is 9.97 Å². The molecule has 4 aromatic rings. The molecule has 0 spiro atoms. The molecule has 3 aromatic heterocycles. The summed E-state index contributed by atoms with van der Waals surface area (Å²) in [6, 6.07) is 12.0. The maximum Gasteiger partial charge on any atom is 0.344 e. The van der Waals surface area contributed by atoms with Crippen LogP contribution in [-0.2, 0) is 9.53 Å². The molecule has 0 saturated carbocycles. The minimum absolute atomic E-state index is 0.0139. The Hall–Kier alpha value is -3.50. The number of nitrogens with zero attached hydrogens (tertiary/aromatic N) is 2. The summed E-state index contributed by atoms with van der Waals surface area (Å²) in [7, 11) is 0. The van der Waals surface area contributed by atoms with Gasteiger partial charge in [-0.05, 0) is 32.4 Å². The maximum atomic E-state index is 12.7. The zero-order valence-electron chi connectivity index (χ0n) is 18.7. The van der Waals surface area contributed by atoms with Gasteiger partial charge in [0, 0.05) is 10.3 Å². The number of furan rings is 1. The number of carbonyl (C=O) groups excluding carboxylic acids is 3. The number of hydrogen-bond donors (Lipinski definition) is 1. The molecule has 0 aliphatic heterocycles. The van der Waals surface area contributed by atoms with Crippen molar-refractivity contribution in [3.05, 3.63) is 59.6 Å². The first-order valence-corrected chi connectivity index (χ1v) is 12.2. The second-order valence-corrected chi connectivity index (χ2v) is 9.22. The van der Waals surface area contributed by atoms with Crippen molar-refractivity contribution < 1.29 is 23.5 Å². The molecule has 0 unspecified atom stereocenters. The number of amides is 1. The fourth-order valence-corrected chi connectivity index (χ4v) is 5.29. The number of Topliss-reactive ketones (excluding diaryl/α,β-unsaturated/α-hetero) is 1. The molecular weight excluding hydrogens is 474 g/mol. The Morgan fingerprint density at radius 1 is 1.15 bits per heavy atom. The highest BCUT2D eigenvalue weighted by atomic mass is 32.2. The van der Waals surface area contributed by atoms with E-state index in [4.69, 9.17) is 9.15 Å². The largest absolute Gasteiger partial charge is 0.462 e. The van der Waals surface area contributed by atoms with Gasteiger partial charge in [0.05, 0.1) is 17.9 Å². The number of carbonyl (C=O) groups is 3. The molecule has 0 aliphatic carbocycles. The minimum Gasteiger partial charge on any atom is -0.462 e. The van der Waals surface area contributed by atoms with Crippen LogP contribution >= 0.6 is 23.1 Å². The average molecular weight is 496 g/mol. The summed E-state index contributed by atoms with van der Waals surface area (Å²) in [5.74, 6) is -1.33. The Morgan fingerprint density at radius 2 is 1.91 bits per heavy atom. The first-order chi connectivity index (χ1) is 16.4. The van der Waals surface area contributed by atoms with Crippen molar-refractivity contribution in [2.45, 2.75) is 25.8 Å². The van der Waals surface area contributed by atoms with Gasteiger partial charge in [-0.3, -0.25) is 14.9 Å². The molecule has 174 valence electrons. The SMILES string of the molecule is CCOC(=O)c1c(NC(=O)CSc2ncnc3sc(-c4ccccc4)cc23)oc(C)c1C(C)=O. The molecule has 0 saturated heterocycles. The first kappa shape index (κ1) is 23.7. The monoisotopic (exact) mass is 495 g/mol. The van der Waals surface area contributed by atoms with E-state index in [0.29, 0.717) is 5.03 Å². The highest BCUT2D eigenvalue weighted by Crippen LogP contribution is 2.36. The molecule has 0 fully saturated rings. The summed E-state index contributed by atoms with van der Waals surface area (Å²) >= 11 is 2.80. The molecule has 0 aliphatic rings. The summed E-state index contributed by atoms with van der Waals surface area (Å²) in [4.78, 5) is 47.7. The van der Waals surface area contributed by atoms with Gasteiger partial charge in [0.25, 0.3) is 0 Å². The molecule has 1 amide bonds. The highest BCUT2D eigenvalue weighted by Gasteiger charge is 2.28. The maximum absolute atomic E-state index is 12.7. The normalized spacial score (nSPS) is 10.9. The quantitative estimate of drug-likeness (QED) is 0.150. The summed E-state index contributed by atoms with van der Waals surface area (Å²) in [6.07, 6.45) is 1.47. The van der Waals surface area contributed by atoms with Crippen LogP contribution in [0.5, 0.6) is 0 Å². The van der Waals surface area contributed by atoms with Crippen LogP contribution in [0.4, 0.5) is 5.88 Å². The molecule has 4 rings (SSSR count). The molecule has 3 heterocycles. The highest BCUT2D eigenvalue weighted by molar-refractivity contribution is 8.00. The number of ketones is 1. The van der Waals surface area contributed by atoms with E-state index < -0.39 is 11.9 Å². The predicted octanol–water partition coefficient (Wildman–Crippen LogP) is 5.37. The Balaban J connectivity index is 1.53. The number of thioether (sulfide) groups is 1. The minimum atomic E-state index is -0.725. The topological polar surface area (TPSA) is 111 Å². The molecule has 0 atom stereocenters. The van der Waals surface area contributed by atoms with Crippen molar-refractivity contribution in [2.24, 2.45) is 0 Å². The molecule has 34 heavy (non-hydrogen) atoms. The Kier molecular flexibility index (Phi) is 7.09. The zero-order chi connectivity index (χ0) is 24.2. The molecule has 8 nitrogen and oxygen atoms in total. The van der Waals surface area contributed by atoms with Gasteiger partial charge in [-0.1, -0.05) is 42.1 Å². The number of ether oxygens (including phenoxy) is 1. The van der Waals surface area contributed by atoms with E-state index >= 15 is 0 Å². The second kappa shape index (κ2) is 10.2. The molecule has 10 heteroatoms. The van der Waals surface area contributed by atoms with Gasteiger partial charge in [0.1, 0.15) is 27.5 Å². The number of anilines is 1. The van der Waals surface area contributed by atoms with E-state index in [9.17, 15) is 14.4 Å². The van der Waals surface area contributed by atoms with E-state index in [1.54, 1.807) is 25.2 Å². The average Bonchev–Trinajstić information content (AvgIpc) is 3.39. The van der Waals surface area contributed by atoms with Crippen LogP contribution in [-0.4, -0.2) is 40.0 Å². The van der Waals surface area contributed by atoms with Crippen LogP contribution in [0.1, 0.15) is 40.3 Å². The van der Waals surface area contributed by atoms with E-state index in [-0.39, 0.29) is 40.9 Å². The first-order valence-electron chi connectivity index (χ1n) is 10.4. The van der Waals surface area contributed by atoms with Gasteiger partial charge in [-0.25, -0.2) is 14.8 Å². The third kappa shape index (κ3) is 4.87. The third-order valence-corrected chi connectivity index (χ3v) is 6.96. The molecule has 1 aromatic carbocycles. The predicted molar refractivity (Wildman–Crippen MR) is 132 cm³/mol. The zero-order valence-corrected chi connectivity index (χ0v) is 20.3. The van der Waals surface area contributed by atoms with Crippen molar-refractivity contribution in [2.75, 3.05) is 17.7 Å². The lowest BCUT2D eigenvalue weighted by Crippen LogP contribution is -2.17. The molecule has 0 bridgehead atoms. The summed E-state index contributed by atoms with van der Waals surface area (Å²) in [6.45, 7) is 4.66. The Labute approximate surface area is 203 Å². The summed E-state index contributed by atoms with van der Waals surface area (Å²) in [5.41, 5.74) is 1.12. The number of aromatic nitrogens is 2. The van der Waals surface area contributed by atoms with Crippen molar-refractivity contribution in [3.8, 4) is 10.4 Å². The smallest absolute Gasteiger partial charge is 0.344 e. The number of benzene rings is 1. The van der Waals surface area contributed by atoms with Gasteiger partial charge in [0.2, 0.25) is 11.8 Å². The fourth-order valence-electron chi connectivity index (χ4n) is 3.44. The van der Waals surface area contributed by atoms with Crippen LogP contribution in [0, 0.1) is 6.92 Å².